The standard InChI is InChI=1S/C13H17N7O2S/c1-3-5-9-8(4-2)6-20-7-10(23(22)13(20)14-9)11(21)15-12-16-18-19-17-12/h6H,3-5,7H2,1-2H3,(H2,15,16,17,18,19,21). The molecule has 0 atom stereocenters. The van der Waals surface area contributed by atoms with E-state index in [4.69, 9.17) is 0 Å². The lowest BCUT2D eigenvalue weighted by Crippen LogP contribution is -2.33. The third-order valence-electron chi connectivity index (χ3n) is 3.56. The summed E-state index contributed by atoms with van der Waals surface area (Å²) in [5, 5.41) is 15.7. The second-order valence-corrected chi connectivity index (χ2v) is 6.52. The zero-order valence-electron chi connectivity index (χ0n) is 12.9. The Morgan fingerprint density at radius 3 is 2.96 bits per heavy atom. The number of carbonyl (C=O) groups is 1. The summed E-state index contributed by atoms with van der Waals surface area (Å²) in [7, 11) is -1.58. The Labute approximate surface area is 134 Å². The van der Waals surface area contributed by atoms with Gasteiger partial charge in [0.25, 0.3) is 5.91 Å². The van der Waals surface area contributed by atoms with Crippen LogP contribution >= 0.6 is 0 Å². The van der Waals surface area contributed by atoms with Gasteiger partial charge in [0.05, 0.1) is 16.5 Å². The Morgan fingerprint density at radius 1 is 1.48 bits per heavy atom. The molecule has 0 radical (unpaired) electrons. The number of anilines is 1. The van der Waals surface area contributed by atoms with E-state index in [9.17, 15) is 9.00 Å². The summed E-state index contributed by atoms with van der Waals surface area (Å²) in [5.74, 6) is -0.350. The van der Waals surface area contributed by atoms with Gasteiger partial charge in [-0.3, -0.25) is 10.1 Å². The van der Waals surface area contributed by atoms with E-state index in [2.05, 4.69) is 44.8 Å². The summed E-state index contributed by atoms with van der Waals surface area (Å²) in [4.78, 5) is 18.8. The van der Waals surface area contributed by atoms with E-state index in [-0.39, 0.29) is 17.4 Å². The molecule has 23 heavy (non-hydrogen) atoms. The van der Waals surface area contributed by atoms with Gasteiger partial charge in [-0.1, -0.05) is 25.4 Å². The van der Waals surface area contributed by atoms with Crippen LogP contribution in [0.2, 0.25) is 0 Å². The minimum Gasteiger partial charge on any atom is -0.317 e. The number of aromatic amines is 1. The Kier molecular flexibility index (Phi) is 4.24. The molecule has 3 rings (SSSR count). The van der Waals surface area contributed by atoms with Gasteiger partial charge in [0.1, 0.15) is 4.86 Å². The SMILES string of the molecule is CCCC1=NC2=S(=O)=C(C(=O)Nc3nnn[nH]3)CN2C=C1CC. The van der Waals surface area contributed by atoms with Crippen molar-refractivity contribution >= 4 is 37.5 Å². The highest BCUT2D eigenvalue weighted by molar-refractivity contribution is 7.87. The number of aliphatic imine (C=N–C) groups is 1. The Hall–Kier alpha value is -2.49. The van der Waals surface area contributed by atoms with Crippen LogP contribution in [0.1, 0.15) is 33.1 Å². The molecule has 0 aromatic carbocycles. The minimum absolute atomic E-state index is 0.120. The van der Waals surface area contributed by atoms with Gasteiger partial charge in [-0.25, -0.2) is 14.3 Å². The molecule has 0 saturated carbocycles. The predicted molar refractivity (Wildman–Crippen MR) is 88.4 cm³/mol. The van der Waals surface area contributed by atoms with Gasteiger partial charge in [0.15, 0.2) is 0 Å². The first kappa shape index (κ1) is 15.4. The summed E-state index contributed by atoms with van der Waals surface area (Å²) in [6.45, 7) is 4.39. The van der Waals surface area contributed by atoms with Gasteiger partial charge >= 0.3 is 0 Å². The van der Waals surface area contributed by atoms with Crippen LogP contribution in [-0.4, -0.2) is 57.9 Å². The number of carbonyl (C=O) groups excluding carboxylic acids is 1. The van der Waals surface area contributed by atoms with Crippen molar-refractivity contribution in [3.05, 3.63) is 11.8 Å². The molecule has 2 N–H and O–H groups in total. The highest BCUT2D eigenvalue weighted by atomic mass is 32.1. The molecule has 0 aliphatic carbocycles. The van der Waals surface area contributed by atoms with Gasteiger partial charge < -0.3 is 4.90 Å². The first-order chi connectivity index (χ1) is 11.1. The third kappa shape index (κ3) is 2.89. The molecule has 122 valence electrons. The fraction of sp³-hybridized carbons (Fsp3) is 0.462. The van der Waals surface area contributed by atoms with Crippen LogP contribution in [0.3, 0.4) is 0 Å². The van der Waals surface area contributed by atoms with Crippen molar-refractivity contribution in [2.45, 2.75) is 33.1 Å². The molecule has 1 amide bonds. The molecule has 1 aromatic rings. The lowest BCUT2D eigenvalue weighted by atomic mass is 10.0. The van der Waals surface area contributed by atoms with Gasteiger partial charge in [-0.05, 0) is 28.8 Å². The number of rotatable bonds is 5. The van der Waals surface area contributed by atoms with Crippen molar-refractivity contribution in [2.75, 3.05) is 11.9 Å². The zero-order valence-corrected chi connectivity index (χ0v) is 13.7. The molecule has 0 fully saturated rings. The largest absolute Gasteiger partial charge is 0.317 e. The number of allylic oxidation sites excluding steroid dienone is 1. The van der Waals surface area contributed by atoms with Crippen LogP contribution < -0.4 is 5.32 Å². The van der Waals surface area contributed by atoms with Gasteiger partial charge in [-0.15, -0.1) is 0 Å². The van der Waals surface area contributed by atoms with E-state index < -0.39 is 15.9 Å². The fourth-order valence-electron chi connectivity index (χ4n) is 2.45. The molecule has 0 bridgehead atoms. The molecular weight excluding hydrogens is 318 g/mol. The molecule has 2 aliphatic rings. The fourth-order valence-corrected chi connectivity index (χ4v) is 3.67. The van der Waals surface area contributed by atoms with Crippen LogP contribution in [-0.2, 0) is 14.8 Å². The lowest BCUT2D eigenvalue weighted by Gasteiger charge is -2.22. The van der Waals surface area contributed by atoms with Crippen LogP contribution in [0.5, 0.6) is 0 Å². The molecule has 2 aliphatic heterocycles. The first-order valence-electron chi connectivity index (χ1n) is 7.39. The predicted octanol–water partition coefficient (Wildman–Crippen LogP) is 0.0109. The second kappa shape index (κ2) is 6.32. The summed E-state index contributed by atoms with van der Waals surface area (Å²) < 4.78 is 12.6. The molecule has 3 heterocycles. The van der Waals surface area contributed by atoms with Crippen molar-refractivity contribution < 1.29 is 9.00 Å². The minimum atomic E-state index is -1.58. The maximum Gasteiger partial charge on any atom is 0.268 e. The number of H-pyrrole nitrogens is 1. The van der Waals surface area contributed by atoms with E-state index in [1.807, 2.05) is 6.20 Å². The van der Waals surface area contributed by atoms with E-state index in [0.717, 1.165) is 30.5 Å². The number of nitrogens with one attached hydrogen (secondary N) is 2. The van der Waals surface area contributed by atoms with Crippen LogP contribution in [0.15, 0.2) is 16.8 Å². The molecule has 0 spiro atoms. The maximum atomic E-state index is 12.6. The Morgan fingerprint density at radius 2 is 2.30 bits per heavy atom. The van der Waals surface area contributed by atoms with Crippen molar-refractivity contribution in [3.8, 4) is 0 Å². The number of fused-ring (bicyclic) bond motifs is 1. The van der Waals surface area contributed by atoms with E-state index in [1.54, 1.807) is 4.90 Å². The van der Waals surface area contributed by atoms with Crippen LogP contribution in [0.4, 0.5) is 5.95 Å². The van der Waals surface area contributed by atoms with Gasteiger partial charge in [0.2, 0.25) is 11.1 Å². The topological polar surface area (TPSA) is 116 Å². The summed E-state index contributed by atoms with van der Waals surface area (Å²) in [6, 6.07) is 0. The summed E-state index contributed by atoms with van der Waals surface area (Å²) in [6.07, 6.45) is 4.59. The number of aromatic nitrogens is 4. The van der Waals surface area contributed by atoms with E-state index in [1.165, 1.54) is 0 Å². The maximum absolute atomic E-state index is 12.6. The normalized spacial score (nSPS) is 17.1. The first-order valence-corrected chi connectivity index (χ1v) is 8.53. The number of nitrogens with zero attached hydrogens (tertiary/aromatic N) is 5. The second-order valence-electron chi connectivity index (χ2n) is 5.12. The van der Waals surface area contributed by atoms with Crippen molar-refractivity contribution in [2.24, 2.45) is 4.99 Å². The van der Waals surface area contributed by atoms with Crippen LogP contribution in [0.25, 0.3) is 0 Å². The van der Waals surface area contributed by atoms with Crippen molar-refractivity contribution in [1.29, 1.82) is 0 Å². The smallest absolute Gasteiger partial charge is 0.268 e. The average molecular weight is 335 g/mol. The molecular formula is C13H17N7O2S. The quantitative estimate of drug-likeness (QED) is 0.732. The van der Waals surface area contributed by atoms with Crippen molar-refractivity contribution in [3.63, 3.8) is 0 Å². The molecule has 10 heteroatoms. The molecule has 9 nitrogen and oxygen atoms in total. The van der Waals surface area contributed by atoms with E-state index in [0.29, 0.717) is 5.11 Å². The highest BCUT2D eigenvalue weighted by Gasteiger charge is 2.29. The van der Waals surface area contributed by atoms with Gasteiger partial charge in [0, 0.05) is 11.9 Å². The Bertz CT molecular complexity index is 836. The van der Waals surface area contributed by atoms with E-state index >= 15 is 0 Å². The number of hydrogen-bond donors (Lipinski definition) is 2. The molecule has 0 unspecified atom stereocenters. The third-order valence-corrected chi connectivity index (χ3v) is 4.98. The number of tetrazole rings is 1. The van der Waals surface area contributed by atoms with Crippen LogP contribution in [0, 0.1) is 0 Å². The molecule has 1 aromatic heterocycles. The van der Waals surface area contributed by atoms with Gasteiger partial charge in [-0.2, -0.15) is 0 Å². The summed E-state index contributed by atoms with van der Waals surface area (Å²) >= 11 is 0. The summed E-state index contributed by atoms with van der Waals surface area (Å²) in [5.41, 5.74) is 2.07. The monoisotopic (exact) mass is 335 g/mol. The lowest BCUT2D eigenvalue weighted by molar-refractivity contribution is -0.110. The average Bonchev–Trinajstić information content (AvgIpc) is 3.15. The number of amides is 1. The molecule has 0 saturated heterocycles. The zero-order chi connectivity index (χ0) is 16.4. The Balaban J connectivity index is 1.92. The highest BCUT2D eigenvalue weighted by Crippen LogP contribution is 2.19. The van der Waals surface area contributed by atoms with Crippen molar-refractivity contribution in [1.82, 2.24) is 25.5 Å². The number of hydrogen-bond acceptors (Lipinski definition) is 7.